The van der Waals surface area contributed by atoms with E-state index in [4.69, 9.17) is 9.47 Å². The van der Waals surface area contributed by atoms with Crippen LogP contribution in [0.4, 0.5) is 0 Å². The number of H-pyrrole nitrogens is 1. The number of pyridine rings is 1. The molecule has 3 aromatic heterocycles. The van der Waals surface area contributed by atoms with E-state index in [1.807, 2.05) is 44.0 Å². The summed E-state index contributed by atoms with van der Waals surface area (Å²) in [6, 6.07) is 8.10. The molecule has 0 bridgehead atoms. The average Bonchev–Trinajstić information content (AvgIpc) is 3.38. The monoisotopic (exact) mass is 447 g/mol. The molecule has 0 saturated carbocycles. The van der Waals surface area contributed by atoms with E-state index < -0.39 is 0 Å². The normalized spacial score (nSPS) is 14.8. The highest BCUT2D eigenvalue weighted by molar-refractivity contribution is 5.86. The van der Waals surface area contributed by atoms with Crippen molar-refractivity contribution in [2.45, 2.75) is 32.6 Å². The molecule has 0 atom stereocenters. The maximum atomic E-state index is 12.9. The molecule has 1 aromatic carbocycles. The van der Waals surface area contributed by atoms with Crippen molar-refractivity contribution in [2.75, 3.05) is 26.8 Å². The van der Waals surface area contributed by atoms with Gasteiger partial charge in [-0.1, -0.05) is 0 Å². The number of carbonyl (C=O) groups excluding carboxylic acids is 1. The number of nitrogens with one attached hydrogen (secondary N) is 1. The predicted molar refractivity (Wildman–Crippen MR) is 127 cm³/mol. The SMILES string of the molecule is COc1ccc2[nH]cc(C3CCN(C(=O)COc4nn(C)c5nc(C)cc(C)c45)CC3)c2c1. The number of aromatic amines is 1. The molecule has 1 aliphatic heterocycles. The number of nitrogens with zero attached hydrogens (tertiary/aromatic N) is 4. The van der Waals surface area contributed by atoms with E-state index in [9.17, 15) is 4.79 Å². The molecule has 1 saturated heterocycles. The zero-order chi connectivity index (χ0) is 23.1. The van der Waals surface area contributed by atoms with Gasteiger partial charge in [-0.3, -0.25) is 4.79 Å². The van der Waals surface area contributed by atoms with Gasteiger partial charge in [0.2, 0.25) is 5.88 Å². The van der Waals surface area contributed by atoms with Crippen molar-refractivity contribution in [3.63, 3.8) is 0 Å². The number of piperidine rings is 1. The molecule has 5 rings (SSSR count). The summed E-state index contributed by atoms with van der Waals surface area (Å²) in [4.78, 5) is 22.7. The van der Waals surface area contributed by atoms with Crippen LogP contribution in [0.25, 0.3) is 21.9 Å². The Kier molecular flexibility index (Phi) is 5.44. The van der Waals surface area contributed by atoms with Gasteiger partial charge in [-0.2, -0.15) is 0 Å². The Morgan fingerprint density at radius 3 is 2.76 bits per heavy atom. The highest BCUT2D eigenvalue weighted by atomic mass is 16.5. The molecular formula is C25H29N5O3. The maximum Gasteiger partial charge on any atom is 0.260 e. The van der Waals surface area contributed by atoms with Gasteiger partial charge in [-0.05, 0) is 68.0 Å². The predicted octanol–water partition coefficient (Wildman–Crippen LogP) is 3.86. The fraction of sp³-hybridized carbons (Fsp3) is 0.400. The first-order valence-electron chi connectivity index (χ1n) is 11.3. The van der Waals surface area contributed by atoms with Crippen molar-refractivity contribution < 1.29 is 14.3 Å². The third kappa shape index (κ3) is 3.90. The minimum Gasteiger partial charge on any atom is -0.497 e. The van der Waals surface area contributed by atoms with Crippen LogP contribution in [-0.4, -0.2) is 57.4 Å². The number of aryl methyl sites for hydroxylation is 3. The summed E-state index contributed by atoms with van der Waals surface area (Å²) >= 11 is 0. The molecule has 4 aromatic rings. The Morgan fingerprint density at radius 1 is 1.21 bits per heavy atom. The summed E-state index contributed by atoms with van der Waals surface area (Å²) in [6.07, 6.45) is 3.94. The molecule has 172 valence electrons. The van der Waals surface area contributed by atoms with E-state index in [2.05, 4.69) is 27.3 Å². The van der Waals surface area contributed by atoms with Gasteiger partial charge >= 0.3 is 0 Å². The van der Waals surface area contributed by atoms with E-state index in [0.29, 0.717) is 24.9 Å². The van der Waals surface area contributed by atoms with E-state index in [1.54, 1.807) is 11.8 Å². The number of benzene rings is 1. The topological polar surface area (TPSA) is 85.3 Å². The lowest BCUT2D eigenvalue weighted by atomic mass is 9.89. The van der Waals surface area contributed by atoms with Crippen molar-refractivity contribution in [3.05, 3.63) is 47.3 Å². The first kappa shape index (κ1) is 21.3. The summed E-state index contributed by atoms with van der Waals surface area (Å²) in [5, 5.41) is 6.51. The molecule has 0 spiro atoms. The Morgan fingerprint density at radius 2 is 2.00 bits per heavy atom. The van der Waals surface area contributed by atoms with E-state index in [-0.39, 0.29) is 12.5 Å². The van der Waals surface area contributed by atoms with Crippen LogP contribution in [0, 0.1) is 13.8 Å². The molecule has 1 aliphatic rings. The summed E-state index contributed by atoms with van der Waals surface area (Å²) in [7, 11) is 3.53. The fourth-order valence-corrected chi connectivity index (χ4v) is 4.90. The Balaban J connectivity index is 1.23. The zero-order valence-corrected chi connectivity index (χ0v) is 19.5. The van der Waals surface area contributed by atoms with Crippen LogP contribution in [0.15, 0.2) is 30.5 Å². The minimum atomic E-state index is -0.0195. The third-order valence-corrected chi connectivity index (χ3v) is 6.63. The zero-order valence-electron chi connectivity index (χ0n) is 19.5. The van der Waals surface area contributed by atoms with Crippen LogP contribution in [-0.2, 0) is 11.8 Å². The Hall–Kier alpha value is -3.55. The van der Waals surface area contributed by atoms with Crippen LogP contribution in [0.5, 0.6) is 11.6 Å². The van der Waals surface area contributed by atoms with Gasteiger partial charge in [0.1, 0.15) is 5.75 Å². The van der Waals surface area contributed by atoms with Crippen LogP contribution in [0.1, 0.15) is 35.6 Å². The smallest absolute Gasteiger partial charge is 0.260 e. The number of fused-ring (bicyclic) bond motifs is 2. The van der Waals surface area contributed by atoms with Gasteiger partial charge in [0.25, 0.3) is 5.91 Å². The number of rotatable bonds is 5. The van der Waals surface area contributed by atoms with E-state index in [0.717, 1.165) is 46.4 Å². The molecule has 1 N–H and O–H groups in total. The molecule has 0 unspecified atom stereocenters. The van der Waals surface area contributed by atoms with Gasteiger partial charge in [0.15, 0.2) is 12.3 Å². The molecule has 0 radical (unpaired) electrons. The Bertz CT molecular complexity index is 1330. The number of hydrogen-bond donors (Lipinski definition) is 1. The van der Waals surface area contributed by atoms with Crippen molar-refractivity contribution in [3.8, 4) is 11.6 Å². The summed E-state index contributed by atoms with van der Waals surface area (Å²) in [6.45, 7) is 5.38. The Labute approximate surface area is 192 Å². The number of aromatic nitrogens is 4. The molecule has 33 heavy (non-hydrogen) atoms. The maximum absolute atomic E-state index is 12.9. The summed E-state index contributed by atoms with van der Waals surface area (Å²) < 4.78 is 13.0. The highest BCUT2D eigenvalue weighted by Gasteiger charge is 2.26. The van der Waals surface area contributed by atoms with Gasteiger partial charge < -0.3 is 19.4 Å². The number of ether oxygens (including phenoxy) is 2. The number of methoxy groups -OCH3 is 1. The standard InChI is InChI=1S/C25H29N5O3/c1-15-11-16(2)27-24-23(15)25(28-29(24)3)33-14-22(31)30-9-7-17(8-10-30)20-13-26-21-6-5-18(32-4)12-19(20)21/h5-6,11-13,17,26H,7-10,14H2,1-4H3. The second-order valence-electron chi connectivity index (χ2n) is 8.81. The van der Waals surface area contributed by atoms with Gasteiger partial charge in [0.05, 0.1) is 12.5 Å². The second-order valence-corrected chi connectivity index (χ2v) is 8.81. The van der Waals surface area contributed by atoms with E-state index in [1.165, 1.54) is 10.9 Å². The van der Waals surface area contributed by atoms with Crippen LogP contribution >= 0.6 is 0 Å². The lowest BCUT2D eigenvalue weighted by Crippen LogP contribution is -2.40. The van der Waals surface area contributed by atoms with Gasteiger partial charge in [-0.15, -0.1) is 5.10 Å². The largest absolute Gasteiger partial charge is 0.497 e. The second kappa shape index (κ2) is 8.42. The molecular weight excluding hydrogens is 418 g/mol. The average molecular weight is 448 g/mol. The quantitative estimate of drug-likeness (QED) is 0.502. The number of amides is 1. The first-order valence-corrected chi connectivity index (χ1v) is 11.3. The molecule has 8 nitrogen and oxygen atoms in total. The fourth-order valence-electron chi connectivity index (χ4n) is 4.90. The molecule has 0 aliphatic carbocycles. The molecule has 4 heterocycles. The minimum absolute atomic E-state index is 0.00873. The lowest BCUT2D eigenvalue weighted by Gasteiger charge is -2.32. The van der Waals surface area contributed by atoms with Crippen LogP contribution in [0.2, 0.25) is 0 Å². The molecule has 1 fully saturated rings. The van der Waals surface area contributed by atoms with Gasteiger partial charge in [0, 0.05) is 42.9 Å². The number of carbonyl (C=O) groups is 1. The van der Waals surface area contributed by atoms with Crippen molar-refractivity contribution >= 4 is 27.8 Å². The van der Waals surface area contributed by atoms with E-state index >= 15 is 0 Å². The third-order valence-electron chi connectivity index (χ3n) is 6.63. The van der Waals surface area contributed by atoms with Gasteiger partial charge in [-0.25, -0.2) is 9.67 Å². The van der Waals surface area contributed by atoms with Crippen LogP contribution in [0.3, 0.4) is 0 Å². The summed E-state index contributed by atoms with van der Waals surface area (Å²) in [5.74, 6) is 1.72. The number of hydrogen-bond acceptors (Lipinski definition) is 5. The number of likely N-dealkylation sites (tertiary alicyclic amines) is 1. The highest BCUT2D eigenvalue weighted by Crippen LogP contribution is 2.35. The van der Waals surface area contributed by atoms with Crippen molar-refractivity contribution in [1.82, 2.24) is 24.6 Å². The molecule has 8 heteroatoms. The summed E-state index contributed by atoms with van der Waals surface area (Å²) in [5.41, 5.74) is 5.16. The first-order chi connectivity index (χ1) is 15.9. The van der Waals surface area contributed by atoms with Crippen molar-refractivity contribution in [1.29, 1.82) is 0 Å². The van der Waals surface area contributed by atoms with Crippen LogP contribution < -0.4 is 9.47 Å². The van der Waals surface area contributed by atoms with Crippen molar-refractivity contribution in [2.24, 2.45) is 7.05 Å². The molecule has 1 amide bonds. The lowest BCUT2D eigenvalue weighted by molar-refractivity contribution is -0.134.